The van der Waals surface area contributed by atoms with E-state index in [1.165, 1.54) is 23.1 Å². The number of carboxylic acid groups (broad SMARTS) is 1. The lowest BCUT2D eigenvalue weighted by Gasteiger charge is -2.18. The SMILES string of the molecule is O=C(O)C1CC(=O)N(c2cc(B(O)O)ccc2Cl)C1. The third kappa shape index (κ3) is 2.73. The van der Waals surface area contributed by atoms with Crippen LogP contribution in [0, 0.1) is 5.92 Å². The normalized spacial score (nSPS) is 18.8. The van der Waals surface area contributed by atoms with E-state index in [1.54, 1.807) is 0 Å². The van der Waals surface area contributed by atoms with Gasteiger partial charge in [-0.2, -0.15) is 0 Å². The van der Waals surface area contributed by atoms with Crippen molar-refractivity contribution in [3.8, 4) is 0 Å². The van der Waals surface area contributed by atoms with E-state index >= 15 is 0 Å². The minimum absolute atomic E-state index is 0.0267. The molecular weight excluding hydrogens is 272 g/mol. The van der Waals surface area contributed by atoms with Crippen molar-refractivity contribution in [3.05, 3.63) is 23.2 Å². The number of hydrogen-bond acceptors (Lipinski definition) is 4. The molecule has 1 aromatic rings. The number of nitrogens with zero attached hydrogens (tertiary/aromatic N) is 1. The van der Waals surface area contributed by atoms with E-state index in [0.29, 0.717) is 5.69 Å². The van der Waals surface area contributed by atoms with Crippen molar-refractivity contribution in [1.29, 1.82) is 0 Å². The Bertz CT molecular complexity index is 536. The molecule has 6 nitrogen and oxygen atoms in total. The van der Waals surface area contributed by atoms with Crippen molar-refractivity contribution in [2.75, 3.05) is 11.4 Å². The standard InChI is InChI=1S/C11H11BClNO5/c13-8-2-1-7(12(18)19)4-9(8)14-5-6(11(16)17)3-10(14)15/h1-2,4,6,18-19H,3,5H2,(H,16,17). The molecule has 8 heteroatoms. The third-order valence-corrected chi connectivity index (χ3v) is 3.35. The van der Waals surface area contributed by atoms with Crippen molar-refractivity contribution >= 4 is 41.7 Å². The van der Waals surface area contributed by atoms with Crippen molar-refractivity contribution < 1.29 is 24.7 Å². The Kier molecular flexibility index (Phi) is 3.79. The summed E-state index contributed by atoms with van der Waals surface area (Å²) in [6.45, 7) is 0.0267. The van der Waals surface area contributed by atoms with Crippen molar-refractivity contribution in [2.24, 2.45) is 5.92 Å². The van der Waals surface area contributed by atoms with Gasteiger partial charge in [0, 0.05) is 13.0 Å². The molecule has 1 unspecified atom stereocenters. The highest BCUT2D eigenvalue weighted by atomic mass is 35.5. The summed E-state index contributed by atoms with van der Waals surface area (Å²) < 4.78 is 0. The maximum Gasteiger partial charge on any atom is 0.488 e. The van der Waals surface area contributed by atoms with Crippen LogP contribution in [0.1, 0.15) is 6.42 Å². The Morgan fingerprint density at radius 2 is 2.11 bits per heavy atom. The Morgan fingerprint density at radius 3 is 2.63 bits per heavy atom. The fourth-order valence-electron chi connectivity index (χ4n) is 2.00. The van der Waals surface area contributed by atoms with Gasteiger partial charge >= 0.3 is 13.1 Å². The van der Waals surface area contributed by atoms with Crippen molar-refractivity contribution in [2.45, 2.75) is 6.42 Å². The molecule has 19 heavy (non-hydrogen) atoms. The Hall–Kier alpha value is -1.57. The highest BCUT2D eigenvalue weighted by molar-refractivity contribution is 6.59. The largest absolute Gasteiger partial charge is 0.488 e. The van der Waals surface area contributed by atoms with E-state index in [9.17, 15) is 9.59 Å². The molecule has 1 saturated heterocycles. The van der Waals surface area contributed by atoms with E-state index < -0.39 is 19.0 Å². The second-order valence-corrected chi connectivity index (χ2v) is 4.74. The van der Waals surface area contributed by atoms with Crippen LogP contribution in [0.2, 0.25) is 5.02 Å². The molecule has 1 atom stereocenters. The van der Waals surface area contributed by atoms with Gasteiger partial charge in [-0.25, -0.2) is 0 Å². The van der Waals surface area contributed by atoms with Gasteiger partial charge in [-0.3, -0.25) is 9.59 Å². The fourth-order valence-corrected chi connectivity index (χ4v) is 2.22. The zero-order valence-electron chi connectivity index (χ0n) is 9.78. The number of anilines is 1. The van der Waals surface area contributed by atoms with Gasteiger partial charge in [-0.15, -0.1) is 0 Å². The number of benzene rings is 1. The molecule has 0 spiro atoms. The topological polar surface area (TPSA) is 98.1 Å². The summed E-state index contributed by atoms with van der Waals surface area (Å²) in [5.74, 6) is -2.16. The summed E-state index contributed by atoms with van der Waals surface area (Å²) in [7, 11) is -1.68. The number of rotatable bonds is 3. The van der Waals surface area contributed by atoms with Gasteiger partial charge in [0.15, 0.2) is 0 Å². The molecule has 1 fully saturated rings. The number of hydrogen-bond donors (Lipinski definition) is 3. The lowest BCUT2D eigenvalue weighted by atomic mass is 9.80. The monoisotopic (exact) mass is 283 g/mol. The van der Waals surface area contributed by atoms with E-state index in [2.05, 4.69) is 0 Å². The van der Waals surface area contributed by atoms with Crippen LogP contribution in [0.4, 0.5) is 5.69 Å². The van der Waals surface area contributed by atoms with Crippen LogP contribution in [-0.2, 0) is 9.59 Å². The molecule has 1 aromatic carbocycles. The fraction of sp³-hybridized carbons (Fsp3) is 0.273. The number of carbonyl (C=O) groups excluding carboxylic acids is 1. The lowest BCUT2D eigenvalue weighted by molar-refractivity contribution is -0.141. The van der Waals surface area contributed by atoms with Crippen LogP contribution in [0.25, 0.3) is 0 Å². The van der Waals surface area contributed by atoms with E-state index in [1.807, 2.05) is 0 Å². The van der Waals surface area contributed by atoms with Crippen LogP contribution >= 0.6 is 11.6 Å². The van der Waals surface area contributed by atoms with Gasteiger partial charge < -0.3 is 20.1 Å². The number of aliphatic carboxylic acids is 1. The molecule has 1 aliphatic heterocycles. The summed E-state index contributed by atoms with van der Waals surface area (Å²) in [6.07, 6.45) is -0.0857. The first-order chi connectivity index (χ1) is 8.90. The molecule has 0 aromatic heterocycles. The minimum Gasteiger partial charge on any atom is -0.481 e. The van der Waals surface area contributed by atoms with Gasteiger partial charge in [0.1, 0.15) is 0 Å². The molecule has 0 bridgehead atoms. The molecular formula is C11H11BClNO5. The van der Waals surface area contributed by atoms with Gasteiger partial charge in [0.25, 0.3) is 0 Å². The second-order valence-electron chi connectivity index (χ2n) is 4.33. The smallest absolute Gasteiger partial charge is 0.481 e. The average molecular weight is 283 g/mol. The summed E-state index contributed by atoms with van der Waals surface area (Å²) in [4.78, 5) is 24.0. The summed E-state index contributed by atoms with van der Waals surface area (Å²) >= 11 is 5.97. The molecule has 1 aliphatic rings. The predicted octanol–water partition coefficient (Wildman–Crippen LogP) is -0.543. The first-order valence-electron chi connectivity index (χ1n) is 5.59. The predicted molar refractivity (Wildman–Crippen MR) is 69.4 cm³/mol. The minimum atomic E-state index is -1.68. The lowest BCUT2D eigenvalue weighted by Crippen LogP contribution is -2.32. The molecule has 2 rings (SSSR count). The highest BCUT2D eigenvalue weighted by Gasteiger charge is 2.36. The van der Waals surface area contributed by atoms with Gasteiger partial charge in [0.05, 0.1) is 16.6 Å². The molecule has 0 radical (unpaired) electrons. The summed E-state index contributed by atoms with van der Waals surface area (Å²) in [5.41, 5.74) is 0.479. The third-order valence-electron chi connectivity index (χ3n) is 3.03. The van der Waals surface area contributed by atoms with Crippen LogP contribution in [0.5, 0.6) is 0 Å². The highest BCUT2D eigenvalue weighted by Crippen LogP contribution is 2.30. The molecule has 100 valence electrons. The number of carbonyl (C=O) groups is 2. The van der Waals surface area contributed by atoms with Gasteiger partial charge in [-0.1, -0.05) is 17.7 Å². The van der Waals surface area contributed by atoms with E-state index in [-0.39, 0.29) is 29.4 Å². The maximum absolute atomic E-state index is 11.8. The molecule has 3 N–H and O–H groups in total. The van der Waals surface area contributed by atoms with Crippen LogP contribution in [-0.4, -0.2) is 40.7 Å². The first-order valence-corrected chi connectivity index (χ1v) is 5.96. The van der Waals surface area contributed by atoms with Gasteiger partial charge in [0.2, 0.25) is 5.91 Å². The Labute approximate surface area is 114 Å². The summed E-state index contributed by atoms with van der Waals surface area (Å²) in [6, 6.07) is 4.23. The van der Waals surface area contributed by atoms with Crippen molar-refractivity contribution in [1.82, 2.24) is 0 Å². The van der Waals surface area contributed by atoms with Crippen LogP contribution in [0.3, 0.4) is 0 Å². The molecule has 0 saturated carbocycles. The zero-order valence-corrected chi connectivity index (χ0v) is 10.5. The molecule has 1 heterocycles. The number of halogens is 1. The quantitative estimate of drug-likeness (QED) is 0.647. The van der Waals surface area contributed by atoms with Crippen LogP contribution in [0.15, 0.2) is 18.2 Å². The van der Waals surface area contributed by atoms with Crippen molar-refractivity contribution in [3.63, 3.8) is 0 Å². The number of carboxylic acids is 1. The first kappa shape index (κ1) is 13.9. The summed E-state index contributed by atoms with van der Waals surface area (Å²) in [5, 5.41) is 27.4. The van der Waals surface area contributed by atoms with E-state index in [4.69, 9.17) is 26.8 Å². The second kappa shape index (κ2) is 5.20. The molecule has 0 aliphatic carbocycles. The zero-order chi connectivity index (χ0) is 14.2. The Balaban J connectivity index is 2.34. The van der Waals surface area contributed by atoms with Crippen LogP contribution < -0.4 is 10.4 Å². The maximum atomic E-state index is 11.8. The Morgan fingerprint density at radius 1 is 1.42 bits per heavy atom. The molecule has 1 amide bonds. The van der Waals surface area contributed by atoms with Gasteiger partial charge in [-0.05, 0) is 17.6 Å². The number of amides is 1. The van der Waals surface area contributed by atoms with E-state index in [0.717, 1.165) is 0 Å². The average Bonchev–Trinajstić information content (AvgIpc) is 2.72.